The number of para-hydroxylation sites is 1. The Morgan fingerprint density at radius 3 is 2.55 bits per heavy atom. The van der Waals surface area contributed by atoms with Crippen molar-refractivity contribution in [2.75, 3.05) is 0 Å². The van der Waals surface area contributed by atoms with Gasteiger partial charge in [0.05, 0.1) is 6.04 Å². The fourth-order valence-electron chi connectivity index (χ4n) is 2.54. The van der Waals surface area contributed by atoms with Crippen molar-refractivity contribution < 1.29 is 18.3 Å². The number of rotatable bonds is 9. The van der Waals surface area contributed by atoms with Crippen molar-refractivity contribution in [2.45, 2.75) is 59.1 Å². The van der Waals surface area contributed by atoms with Crippen LogP contribution in [-0.4, -0.2) is 12.5 Å². The van der Waals surface area contributed by atoms with Gasteiger partial charge in [0.1, 0.15) is 5.75 Å². The molecule has 22 heavy (non-hydrogen) atoms. The molecular weight excluding hydrogens is 288 g/mol. The van der Waals surface area contributed by atoms with Crippen LogP contribution in [0, 0.1) is 5.92 Å². The minimum absolute atomic E-state index is 0.0559. The van der Waals surface area contributed by atoms with E-state index < -0.39 is 6.61 Å². The first kappa shape index (κ1) is 18.4. The quantitative estimate of drug-likeness (QED) is 0.718. The van der Waals surface area contributed by atoms with E-state index in [2.05, 4.69) is 17.0 Å². The molecular formula is C17H25F2NO2. The summed E-state index contributed by atoms with van der Waals surface area (Å²) in [5, 5.41) is 2.92. The fourth-order valence-corrected chi connectivity index (χ4v) is 2.54. The molecule has 0 saturated heterocycles. The average Bonchev–Trinajstić information content (AvgIpc) is 2.45. The SMILES string of the molecule is CCCC(C)CC(=O)NC(CC)c1ccccc1OC(F)F. The first-order chi connectivity index (χ1) is 10.5. The fraction of sp³-hybridized carbons (Fsp3) is 0.588. The third-order valence-electron chi connectivity index (χ3n) is 3.57. The molecule has 0 fully saturated rings. The van der Waals surface area contributed by atoms with Crippen LogP contribution in [-0.2, 0) is 4.79 Å². The molecule has 0 aliphatic carbocycles. The molecule has 1 N–H and O–H groups in total. The number of hydrogen-bond acceptors (Lipinski definition) is 2. The summed E-state index contributed by atoms with van der Waals surface area (Å²) in [5.41, 5.74) is 0.585. The number of ether oxygens (including phenoxy) is 1. The molecule has 2 unspecified atom stereocenters. The lowest BCUT2D eigenvalue weighted by Gasteiger charge is -2.21. The Labute approximate surface area is 131 Å². The number of halogens is 2. The van der Waals surface area contributed by atoms with Crippen molar-refractivity contribution in [3.05, 3.63) is 29.8 Å². The van der Waals surface area contributed by atoms with Crippen molar-refractivity contribution in [3.8, 4) is 5.75 Å². The number of hydrogen-bond donors (Lipinski definition) is 1. The summed E-state index contributed by atoms with van der Waals surface area (Å²) in [7, 11) is 0. The molecule has 0 heterocycles. The van der Waals surface area contributed by atoms with Crippen LogP contribution in [0.25, 0.3) is 0 Å². The molecule has 0 aliphatic rings. The van der Waals surface area contributed by atoms with Crippen LogP contribution in [0.15, 0.2) is 24.3 Å². The lowest BCUT2D eigenvalue weighted by atomic mass is 10.00. The van der Waals surface area contributed by atoms with E-state index in [0.717, 1.165) is 12.8 Å². The lowest BCUT2D eigenvalue weighted by Crippen LogP contribution is -2.29. The summed E-state index contributed by atoms with van der Waals surface area (Å²) in [6.07, 6.45) is 3.09. The van der Waals surface area contributed by atoms with Crippen LogP contribution in [0.2, 0.25) is 0 Å². The van der Waals surface area contributed by atoms with Gasteiger partial charge in [-0.2, -0.15) is 8.78 Å². The number of alkyl halides is 2. The predicted molar refractivity (Wildman–Crippen MR) is 82.9 cm³/mol. The number of carbonyl (C=O) groups excluding carboxylic acids is 1. The topological polar surface area (TPSA) is 38.3 Å². The van der Waals surface area contributed by atoms with Crippen LogP contribution in [0.1, 0.15) is 58.1 Å². The second-order valence-corrected chi connectivity index (χ2v) is 5.54. The monoisotopic (exact) mass is 313 g/mol. The van der Waals surface area contributed by atoms with E-state index in [1.807, 2.05) is 13.8 Å². The Morgan fingerprint density at radius 2 is 1.95 bits per heavy atom. The van der Waals surface area contributed by atoms with Crippen LogP contribution < -0.4 is 10.1 Å². The van der Waals surface area contributed by atoms with Gasteiger partial charge in [-0.1, -0.05) is 51.8 Å². The summed E-state index contributed by atoms with van der Waals surface area (Å²) < 4.78 is 29.5. The Bertz CT molecular complexity index is 466. The summed E-state index contributed by atoms with van der Waals surface area (Å²) in [6.45, 7) is 3.15. The molecule has 1 aromatic carbocycles. The first-order valence-electron chi connectivity index (χ1n) is 7.80. The smallest absolute Gasteiger partial charge is 0.387 e. The van der Waals surface area contributed by atoms with Crippen molar-refractivity contribution in [2.24, 2.45) is 5.92 Å². The molecule has 2 atom stereocenters. The highest BCUT2D eigenvalue weighted by atomic mass is 19.3. The van der Waals surface area contributed by atoms with Crippen LogP contribution in [0.5, 0.6) is 5.75 Å². The molecule has 1 amide bonds. The van der Waals surface area contributed by atoms with Gasteiger partial charge in [0.15, 0.2) is 0 Å². The van der Waals surface area contributed by atoms with E-state index in [-0.39, 0.29) is 17.7 Å². The number of benzene rings is 1. The van der Waals surface area contributed by atoms with Crippen molar-refractivity contribution in [1.29, 1.82) is 0 Å². The third-order valence-corrected chi connectivity index (χ3v) is 3.57. The largest absolute Gasteiger partial charge is 0.434 e. The van der Waals surface area contributed by atoms with Gasteiger partial charge in [-0.25, -0.2) is 0 Å². The van der Waals surface area contributed by atoms with E-state index in [1.165, 1.54) is 6.07 Å². The van der Waals surface area contributed by atoms with Crippen molar-refractivity contribution in [3.63, 3.8) is 0 Å². The van der Waals surface area contributed by atoms with Gasteiger partial charge >= 0.3 is 6.61 Å². The predicted octanol–water partition coefficient (Wildman–Crippen LogP) is 4.68. The Kier molecular flexibility index (Phi) is 7.85. The van der Waals surface area contributed by atoms with E-state index >= 15 is 0 Å². The molecule has 5 heteroatoms. The maximum absolute atomic E-state index is 12.5. The maximum atomic E-state index is 12.5. The lowest BCUT2D eigenvalue weighted by molar-refractivity contribution is -0.122. The summed E-state index contributed by atoms with van der Waals surface area (Å²) in [6, 6.07) is 6.27. The first-order valence-corrected chi connectivity index (χ1v) is 7.80. The second-order valence-electron chi connectivity index (χ2n) is 5.54. The van der Waals surface area contributed by atoms with Gasteiger partial charge in [0.2, 0.25) is 5.91 Å². The van der Waals surface area contributed by atoms with Gasteiger partial charge in [-0.3, -0.25) is 4.79 Å². The average molecular weight is 313 g/mol. The Morgan fingerprint density at radius 1 is 1.27 bits per heavy atom. The molecule has 0 bridgehead atoms. The molecule has 0 spiro atoms. The van der Waals surface area contributed by atoms with Gasteiger partial charge in [-0.15, -0.1) is 0 Å². The Balaban J connectivity index is 2.77. The molecule has 1 aromatic rings. The Hall–Kier alpha value is -1.65. The van der Waals surface area contributed by atoms with E-state index in [1.54, 1.807) is 18.2 Å². The maximum Gasteiger partial charge on any atom is 0.387 e. The van der Waals surface area contributed by atoms with Gasteiger partial charge in [0, 0.05) is 12.0 Å². The van der Waals surface area contributed by atoms with Gasteiger partial charge in [0.25, 0.3) is 0 Å². The zero-order valence-electron chi connectivity index (χ0n) is 13.4. The molecule has 0 radical (unpaired) electrons. The molecule has 0 aliphatic heterocycles. The highest BCUT2D eigenvalue weighted by molar-refractivity contribution is 5.76. The summed E-state index contributed by atoms with van der Waals surface area (Å²) in [5.74, 6) is 0.376. The molecule has 3 nitrogen and oxygen atoms in total. The second kappa shape index (κ2) is 9.38. The highest BCUT2D eigenvalue weighted by Crippen LogP contribution is 2.28. The standard InChI is InChI=1S/C17H25F2NO2/c1-4-8-12(3)11-16(21)20-14(5-2)13-9-6-7-10-15(13)22-17(18)19/h6-7,9-10,12,14,17H,4-5,8,11H2,1-3H3,(H,20,21). The number of amides is 1. The van der Waals surface area contributed by atoms with Crippen LogP contribution >= 0.6 is 0 Å². The molecule has 1 rings (SSSR count). The minimum Gasteiger partial charge on any atom is -0.434 e. The minimum atomic E-state index is -2.88. The van der Waals surface area contributed by atoms with E-state index in [0.29, 0.717) is 24.3 Å². The molecule has 124 valence electrons. The summed E-state index contributed by atoms with van der Waals surface area (Å²) >= 11 is 0. The van der Waals surface area contributed by atoms with Gasteiger partial charge < -0.3 is 10.1 Å². The highest BCUT2D eigenvalue weighted by Gasteiger charge is 2.19. The zero-order valence-corrected chi connectivity index (χ0v) is 13.4. The van der Waals surface area contributed by atoms with E-state index in [9.17, 15) is 13.6 Å². The third kappa shape index (κ3) is 6.00. The van der Waals surface area contributed by atoms with Crippen LogP contribution in [0.3, 0.4) is 0 Å². The van der Waals surface area contributed by atoms with E-state index in [4.69, 9.17) is 0 Å². The summed E-state index contributed by atoms with van der Waals surface area (Å²) in [4.78, 5) is 12.1. The normalized spacial score (nSPS) is 13.7. The van der Waals surface area contributed by atoms with Crippen molar-refractivity contribution in [1.82, 2.24) is 5.32 Å². The molecule has 0 aromatic heterocycles. The van der Waals surface area contributed by atoms with Crippen LogP contribution in [0.4, 0.5) is 8.78 Å². The zero-order chi connectivity index (χ0) is 16.5. The number of carbonyl (C=O) groups is 1. The molecule has 0 saturated carbocycles. The number of nitrogens with one attached hydrogen (secondary N) is 1. The van der Waals surface area contributed by atoms with Crippen molar-refractivity contribution >= 4 is 5.91 Å². The van der Waals surface area contributed by atoms with Gasteiger partial charge in [-0.05, 0) is 18.4 Å².